The second-order valence-electron chi connectivity index (χ2n) is 3.60. The fraction of sp³-hybridized carbons (Fsp3) is 0.900. The molecule has 16 heavy (non-hydrogen) atoms. The predicted molar refractivity (Wildman–Crippen MR) is 54.2 cm³/mol. The molecule has 1 aliphatic carbocycles. The Morgan fingerprint density at radius 1 is 0.875 bits per heavy atom. The molecule has 0 amide bonds. The van der Waals surface area contributed by atoms with Crippen LogP contribution in [0.25, 0.3) is 0 Å². The van der Waals surface area contributed by atoms with E-state index in [4.69, 9.17) is 18.9 Å². The third kappa shape index (κ3) is 2.11. The second kappa shape index (κ2) is 5.70. The van der Waals surface area contributed by atoms with Gasteiger partial charge in [0.25, 0.3) is 0 Å². The van der Waals surface area contributed by atoms with Gasteiger partial charge in [-0.15, -0.1) is 0 Å². The number of hydrogen-bond acceptors (Lipinski definition) is 6. The van der Waals surface area contributed by atoms with Gasteiger partial charge < -0.3 is 24.1 Å². The van der Waals surface area contributed by atoms with Crippen molar-refractivity contribution in [2.75, 3.05) is 28.4 Å². The fourth-order valence-corrected chi connectivity index (χ4v) is 2.07. The highest BCUT2D eigenvalue weighted by Crippen LogP contribution is 2.26. The van der Waals surface area contributed by atoms with Gasteiger partial charge in [-0.05, 0) is 0 Å². The van der Waals surface area contributed by atoms with Crippen LogP contribution in [-0.2, 0) is 23.7 Å². The van der Waals surface area contributed by atoms with Crippen molar-refractivity contribution >= 4 is 5.78 Å². The van der Waals surface area contributed by atoms with Gasteiger partial charge in [0, 0.05) is 28.4 Å². The van der Waals surface area contributed by atoms with E-state index in [1.807, 2.05) is 0 Å². The van der Waals surface area contributed by atoms with Crippen LogP contribution < -0.4 is 0 Å². The van der Waals surface area contributed by atoms with E-state index in [1.165, 1.54) is 28.4 Å². The van der Waals surface area contributed by atoms with Crippen molar-refractivity contribution < 1.29 is 28.8 Å². The summed E-state index contributed by atoms with van der Waals surface area (Å²) in [6.45, 7) is 0. The average Bonchev–Trinajstić information content (AvgIpc) is 2.31. The number of ketones is 1. The molecule has 0 bridgehead atoms. The number of rotatable bonds is 4. The number of methoxy groups -OCH3 is 4. The lowest BCUT2D eigenvalue weighted by atomic mass is 9.85. The Hall–Kier alpha value is -0.530. The highest BCUT2D eigenvalue weighted by Gasteiger charge is 2.51. The molecule has 1 aliphatic rings. The zero-order valence-corrected chi connectivity index (χ0v) is 9.88. The van der Waals surface area contributed by atoms with Gasteiger partial charge in [-0.3, -0.25) is 4.79 Å². The summed E-state index contributed by atoms with van der Waals surface area (Å²) in [5.74, 6) is -0.450. The maximum Gasteiger partial charge on any atom is 0.195 e. The summed E-state index contributed by atoms with van der Waals surface area (Å²) in [5, 5.41) is 9.76. The van der Waals surface area contributed by atoms with Crippen molar-refractivity contribution in [2.24, 2.45) is 0 Å². The van der Waals surface area contributed by atoms with Gasteiger partial charge in [-0.25, -0.2) is 0 Å². The lowest BCUT2D eigenvalue weighted by Crippen LogP contribution is -2.63. The summed E-state index contributed by atoms with van der Waals surface area (Å²) < 4.78 is 20.5. The van der Waals surface area contributed by atoms with E-state index in [0.717, 1.165) is 0 Å². The smallest absolute Gasteiger partial charge is 0.195 e. The molecule has 0 aliphatic heterocycles. The van der Waals surface area contributed by atoms with E-state index in [-0.39, 0.29) is 0 Å². The fourth-order valence-electron chi connectivity index (χ4n) is 2.07. The Kier molecular flexibility index (Phi) is 4.82. The molecule has 5 atom stereocenters. The molecular formula is C10H18O6. The SMILES string of the molecule is COC1C(=O)C(O)C(OC)[C@@H](OC)C1OC. The Morgan fingerprint density at radius 3 is 1.75 bits per heavy atom. The van der Waals surface area contributed by atoms with E-state index < -0.39 is 36.3 Å². The molecule has 0 spiro atoms. The molecule has 1 saturated carbocycles. The first kappa shape index (κ1) is 13.5. The zero-order valence-electron chi connectivity index (χ0n) is 9.88. The van der Waals surface area contributed by atoms with Crippen molar-refractivity contribution in [3.63, 3.8) is 0 Å². The molecule has 1 N–H and O–H groups in total. The second-order valence-corrected chi connectivity index (χ2v) is 3.60. The Balaban J connectivity index is 2.99. The minimum atomic E-state index is -1.26. The molecule has 6 heteroatoms. The van der Waals surface area contributed by atoms with Gasteiger partial charge in [0.05, 0.1) is 0 Å². The first-order valence-electron chi connectivity index (χ1n) is 4.95. The molecule has 1 rings (SSSR count). The number of hydrogen-bond donors (Lipinski definition) is 1. The van der Waals surface area contributed by atoms with Crippen molar-refractivity contribution in [1.29, 1.82) is 0 Å². The summed E-state index contributed by atoms with van der Waals surface area (Å²) in [7, 11) is 5.73. The molecule has 6 nitrogen and oxygen atoms in total. The lowest BCUT2D eigenvalue weighted by molar-refractivity contribution is -0.205. The predicted octanol–water partition coefficient (Wildman–Crippen LogP) is -1.01. The topological polar surface area (TPSA) is 74.2 Å². The van der Waals surface area contributed by atoms with Gasteiger partial charge in [0.15, 0.2) is 5.78 Å². The number of aliphatic hydroxyl groups excluding tert-OH is 1. The van der Waals surface area contributed by atoms with E-state index in [9.17, 15) is 9.90 Å². The van der Waals surface area contributed by atoms with Gasteiger partial charge in [0.2, 0.25) is 0 Å². The van der Waals surface area contributed by atoms with E-state index >= 15 is 0 Å². The average molecular weight is 234 g/mol. The first-order valence-corrected chi connectivity index (χ1v) is 4.95. The number of Topliss-reactive ketones (excluding diaryl/α,β-unsaturated/α-hetero) is 1. The minimum Gasteiger partial charge on any atom is -0.382 e. The van der Waals surface area contributed by atoms with Gasteiger partial charge in [-0.1, -0.05) is 0 Å². The summed E-state index contributed by atoms with van der Waals surface area (Å²) in [6.07, 6.45) is -3.97. The summed E-state index contributed by atoms with van der Waals surface area (Å²) in [5.41, 5.74) is 0. The highest BCUT2D eigenvalue weighted by molar-refractivity contribution is 5.89. The Morgan fingerprint density at radius 2 is 1.38 bits per heavy atom. The van der Waals surface area contributed by atoms with Crippen LogP contribution in [0.15, 0.2) is 0 Å². The molecular weight excluding hydrogens is 216 g/mol. The quantitative estimate of drug-likeness (QED) is 0.672. The molecule has 0 aromatic heterocycles. The van der Waals surface area contributed by atoms with Crippen molar-refractivity contribution in [3.8, 4) is 0 Å². The van der Waals surface area contributed by atoms with Crippen LogP contribution in [0, 0.1) is 0 Å². The Bertz CT molecular complexity index is 243. The van der Waals surface area contributed by atoms with Gasteiger partial charge >= 0.3 is 0 Å². The van der Waals surface area contributed by atoms with Crippen LogP contribution in [0.4, 0.5) is 0 Å². The van der Waals surface area contributed by atoms with E-state index in [0.29, 0.717) is 0 Å². The van der Waals surface area contributed by atoms with Crippen LogP contribution in [0.1, 0.15) is 0 Å². The molecule has 0 saturated heterocycles. The third-order valence-corrected chi connectivity index (χ3v) is 2.90. The Labute approximate surface area is 94.4 Å². The number of ether oxygens (including phenoxy) is 4. The van der Waals surface area contributed by atoms with Crippen molar-refractivity contribution in [1.82, 2.24) is 0 Å². The standard InChI is InChI=1S/C10H18O6/c1-13-7-5(11)6(12)8(14-2)10(16-4)9(7)15-3/h5,7-11H,1-4H3/t5?,7?,8?,9-,10?/m1/s1. The van der Waals surface area contributed by atoms with Gasteiger partial charge in [0.1, 0.15) is 30.5 Å². The van der Waals surface area contributed by atoms with Crippen molar-refractivity contribution in [2.45, 2.75) is 30.5 Å². The number of carbonyl (C=O) groups excluding carboxylic acids is 1. The monoisotopic (exact) mass is 234 g/mol. The molecule has 0 heterocycles. The van der Waals surface area contributed by atoms with Gasteiger partial charge in [-0.2, -0.15) is 0 Å². The molecule has 1 fully saturated rings. The van der Waals surface area contributed by atoms with E-state index in [2.05, 4.69) is 0 Å². The number of aliphatic hydroxyl groups is 1. The normalized spacial score (nSPS) is 40.1. The zero-order chi connectivity index (χ0) is 12.3. The molecule has 94 valence electrons. The molecule has 0 aromatic rings. The molecule has 0 aromatic carbocycles. The summed E-state index contributed by atoms with van der Waals surface area (Å²) in [4.78, 5) is 11.8. The molecule has 0 radical (unpaired) electrons. The van der Waals surface area contributed by atoms with Crippen molar-refractivity contribution in [3.05, 3.63) is 0 Å². The molecule has 4 unspecified atom stereocenters. The van der Waals surface area contributed by atoms with E-state index in [1.54, 1.807) is 0 Å². The highest BCUT2D eigenvalue weighted by atomic mass is 16.6. The van der Waals surface area contributed by atoms with Crippen LogP contribution in [-0.4, -0.2) is 69.8 Å². The maximum atomic E-state index is 11.8. The minimum absolute atomic E-state index is 0.450. The van der Waals surface area contributed by atoms with Crippen LogP contribution in [0.5, 0.6) is 0 Å². The number of carbonyl (C=O) groups is 1. The third-order valence-electron chi connectivity index (χ3n) is 2.90. The first-order chi connectivity index (χ1) is 7.62. The maximum absolute atomic E-state index is 11.8. The van der Waals surface area contributed by atoms with Crippen LogP contribution in [0.2, 0.25) is 0 Å². The lowest BCUT2D eigenvalue weighted by Gasteiger charge is -2.41. The largest absolute Gasteiger partial charge is 0.382 e. The summed E-state index contributed by atoms with van der Waals surface area (Å²) in [6, 6.07) is 0. The van der Waals surface area contributed by atoms with Crippen LogP contribution in [0.3, 0.4) is 0 Å². The summed E-state index contributed by atoms with van der Waals surface area (Å²) >= 11 is 0. The van der Waals surface area contributed by atoms with Crippen LogP contribution >= 0.6 is 0 Å².